The summed E-state index contributed by atoms with van der Waals surface area (Å²) in [4.78, 5) is 110. The summed E-state index contributed by atoms with van der Waals surface area (Å²) in [5.41, 5.74) is 5.88. The lowest BCUT2D eigenvalue weighted by Crippen LogP contribution is -2.61. The Bertz CT molecular complexity index is 2180. The first-order valence-electron chi connectivity index (χ1n) is 21.9. The van der Waals surface area contributed by atoms with Crippen LogP contribution in [0.2, 0.25) is 0 Å². The van der Waals surface area contributed by atoms with E-state index in [9.17, 15) is 48.2 Å². The van der Waals surface area contributed by atoms with Crippen molar-refractivity contribution in [3.8, 4) is 11.5 Å². The van der Waals surface area contributed by atoms with Gasteiger partial charge < -0.3 is 60.9 Å². The van der Waals surface area contributed by atoms with Gasteiger partial charge in [0.05, 0.1) is 30.1 Å². The number of aliphatic hydroxyl groups is 1. The van der Waals surface area contributed by atoms with Gasteiger partial charge in [-0.25, -0.2) is 9.55 Å². The second-order valence-electron chi connectivity index (χ2n) is 16.4. The van der Waals surface area contributed by atoms with Crippen LogP contribution in [0.5, 0.6) is 11.5 Å². The molecule has 0 unspecified atom stereocenters. The molecule has 0 aliphatic carbocycles. The molecule has 24 heteroatoms. The third-order valence-corrected chi connectivity index (χ3v) is 12.0. The number of phosphoric acid groups is 1. The van der Waals surface area contributed by atoms with E-state index in [1.54, 1.807) is 12.5 Å². The highest BCUT2D eigenvalue weighted by Gasteiger charge is 2.37. The van der Waals surface area contributed by atoms with Crippen LogP contribution >= 0.6 is 19.2 Å². The average molecular weight is 976 g/mol. The largest absolute Gasteiger partial charge is 0.469 e. The van der Waals surface area contributed by atoms with Gasteiger partial charge in [-0.05, 0) is 74.9 Å². The predicted molar refractivity (Wildman–Crippen MR) is 245 cm³/mol. The Kier molecular flexibility index (Phi) is 21.4. The minimum atomic E-state index is -5.13. The number of aliphatic hydroxyl groups excluding tert-OH is 1. The molecule has 0 saturated carbocycles. The Hall–Kier alpha value is -5.71. The highest BCUT2D eigenvalue weighted by Crippen LogP contribution is 2.38. The number of carbonyl (C=O) groups is 6. The molecule has 3 aromatic rings. The third kappa shape index (κ3) is 17.8. The monoisotopic (exact) mass is 975 g/mol. The fourth-order valence-corrected chi connectivity index (χ4v) is 8.48. The number of aromatic nitrogens is 2. The molecule has 0 bridgehead atoms. The lowest BCUT2D eigenvalue weighted by molar-refractivity contribution is -0.139. The van der Waals surface area contributed by atoms with Crippen molar-refractivity contribution in [1.29, 1.82) is 0 Å². The van der Waals surface area contributed by atoms with E-state index in [0.717, 1.165) is 31.1 Å². The van der Waals surface area contributed by atoms with Crippen LogP contribution in [-0.2, 0) is 55.7 Å². The van der Waals surface area contributed by atoms with Crippen LogP contribution in [0.25, 0.3) is 0 Å². The lowest BCUT2D eigenvalue weighted by atomic mass is 10.0. The number of nitrogens with two attached hydrogens (primary N) is 1. The van der Waals surface area contributed by atoms with Gasteiger partial charge in [0.1, 0.15) is 48.3 Å². The smallest absolute Gasteiger partial charge is 0.456 e. The molecule has 6 amide bonds. The lowest BCUT2D eigenvalue weighted by Gasteiger charge is -2.28. The number of rotatable bonds is 28. The molecule has 3 heterocycles. The van der Waals surface area contributed by atoms with Gasteiger partial charge in [0.2, 0.25) is 35.4 Å². The molecule has 4 rings (SSSR count). The standard InChI is InChI=1S/C43H62N9O13PS/c1-27(2)21-32(48-43(59)35-15-12-18-52(35)29(4)54)40(56)47-33(41(57)49-34(25-53)42(58)50-38(39(44)55)28(3)65-66(60,61)62)22-30-23-45-26-51(30)17-10-5-6-11-19-63-46-24-37-36(16-20-67-37)64-31-13-8-7-9-14-31/h7-9,13-14,16,20,23-24,26-28,32-35,38,53H,5-6,10-12,15,17-19,21-22,25H2,1-4H3,(H2,44,55)(H,47,56)(H,48,59)(H,49,57)(H,50,58)(H2,60,61,62)/b46-24+/t28-,32+,33+,34+,35+,38+/m1/s1. The minimum Gasteiger partial charge on any atom is -0.456 e. The van der Waals surface area contributed by atoms with Gasteiger partial charge in [-0.3, -0.25) is 33.3 Å². The number of unbranched alkanes of at least 4 members (excludes halogenated alkanes) is 3. The molecule has 1 aliphatic rings. The van der Waals surface area contributed by atoms with Crippen molar-refractivity contribution in [2.24, 2.45) is 16.8 Å². The maximum absolute atomic E-state index is 14.1. The number of carbonyl (C=O) groups excluding carboxylic acids is 6. The van der Waals surface area contributed by atoms with E-state index >= 15 is 0 Å². The Morgan fingerprint density at radius 3 is 2.31 bits per heavy atom. The van der Waals surface area contributed by atoms with Crippen LogP contribution in [0, 0.1) is 5.92 Å². The van der Waals surface area contributed by atoms with Crippen molar-refractivity contribution in [2.45, 2.75) is 122 Å². The van der Waals surface area contributed by atoms with E-state index in [1.807, 2.05) is 60.2 Å². The second kappa shape index (κ2) is 26.6. The summed E-state index contributed by atoms with van der Waals surface area (Å²) in [5.74, 6) is -3.57. The van der Waals surface area contributed by atoms with Crippen LogP contribution in [0.15, 0.2) is 59.5 Å². The van der Waals surface area contributed by atoms with Crippen LogP contribution in [0.3, 0.4) is 0 Å². The van der Waals surface area contributed by atoms with Crippen molar-refractivity contribution >= 4 is 60.8 Å². The van der Waals surface area contributed by atoms with Gasteiger partial charge in [-0.1, -0.05) is 43.6 Å². The summed E-state index contributed by atoms with van der Waals surface area (Å²) in [6, 6.07) is 4.41. The van der Waals surface area contributed by atoms with Gasteiger partial charge in [0, 0.05) is 38.3 Å². The maximum Gasteiger partial charge on any atom is 0.469 e. The molecule has 1 fully saturated rings. The third-order valence-electron chi connectivity index (χ3n) is 10.6. The van der Waals surface area contributed by atoms with Gasteiger partial charge >= 0.3 is 7.82 Å². The van der Waals surface area contributed by atoms with Crippen LogP contribution in [-0.4, -0.2) is 127 Å². The number of likely N-dealkylation sites (tertiary alicyclic amines) is 1. The van der Waals surface area contributed by atoms with E-state index in [1.165, 1.54) is 29.4 Å². The minimum absolute atomic E-state index is 0.103. The quantitative estimate of drug-likeness (QED) is 0.0223. The number of amides is 6. The predicted octanol–water partition coefficient (Wildman–Crippen LogP) is 1.86. The van der Waals surface area contributed by atoms with E-state index in [2.05, 4.69) is 35.9 Å². The number of primary amides is 1. The second-order valence-corrected chi connectivity index (χ2v) is 18.5. The Labute approximate surface area is 392 Å². The summed E-state index contributed by atoms with van der Waals surface area (Å²) in [6.45, 7) is 6.39. The number of para-hydroxylation sites is 1. The van der Waals surface area contributed by atoms with Gasteiger partial charge in [0.15, 0.2) is 0 Å². The van der Waals surface area contributed by atoms with Crippen molar-refractivity contribution < 1.29 is 62.3 Å². The van der Waals surface area contributed by atoms with E-state index in [0.29, 0.717) is 56.2 Å². The number of hydrogen-bond acceptors (Lipinski definition) is 14. The molecule has 0 spiro atoms. The van der Waals surface area contributed by atoms with Crippen molar-refractivity contribution in [2.75, 3.05) is 19.8 Å². The molecule has 1 saturated heterocycles. The first-order valence-corrected chi connectivity index (χ1v) is 24.3. The zero-order chi connectivity index (χ0) is 49.1. The number of imidazole rings is 1. The maximum atomic E-state index is 14.1. The molecule has 67 heavy (non-hydrogen) atoms. The van der Waals surface area contributed by atoms with Crippen molar-refractivity contribution in [3.05, 3.63) is 64.9 Å². The highest BCUT2D eigenvalue weighted by atomic mass is 32.1. The number of oxime groups is 1. The van der Waals surface area contributed by atoms with Gasteiger partial charge in [0.25, 0.3) is 0 Å². The van der Waals surface area contributed by atoms with E-state index in [-0.39, 0.29) is 24.7 Å². The molecule has 6 atom stereocenters. The zero-order valence-corrected chi connectivity index (χ0v) is 39.7. The van der Waals surface area contributed by atoms with Crippen molar-refractivity contribution in [1.82, 2.24) is 35.7 Å². The van der Waals surface area contributed by atoms with E-state index in [4.69, 9.17) is 15.3 Å². The van der Waals surface area contributed by atoms with Crippen LogP contribution < -0.4 is 31.7 Å². The molecule has 1 aromatic carbocycles. The zero-order valence-electron chi connectivity index (χ0n) is 37.9. The fraction of sp³-hybridized carbons (Fsp3) is 0.535. The number of nitrogens with one attached hydrogen (secondary N) is 4. The average Bonchev–Trinajstić information content (AvgIpc) is 4.05. The summed E-state index contributed by atoms with van der Waals surface area (Å²) in [5, 5.41) is 26.2. The molecule has 22 nitrogen and oxygen atoms in total. The Morgan fingerprint density at radius 1 is 0.955 bits per heavy atom. The fourth-order valence-electron chi connectivity index (χ4n) is 7.26. The number of thiophene rings is 1. The number of benzene rings is 1. The Morgan fingerprint density at radius 2 is 1.64 bits per heavy atom. The topological polar surface area (TPSA) is 315 Å². The first kappa shape index (κ1) is 53.9. The molecule has 2 aromatic heterocycles. The number of phosphoric ester groups is 1. The van der Waals surface area contributed by atoms with Crippen LogP contribution in [0.4, 0.5) is 0 Å². The summed E-state index contributed by atoms with van der Waals surface area (Å²) in [6.07, 6.45) is 7.18. The van der Waals surface area contributed by atoms with E-state index < -0.39 is 80.3 Å². The number of ether oxygens (including phenoxy) is 1. The summed E-state index contributed by atoms with van der Waals surface area (Å²) in [7, 11) is -5.13. The van der Waals surface area contributed by atoms with Gasteiger partial charge in [-0.2, -0.15) is 0 Å². The molecule has 368 valence electrons. The molecule has 1 aliphatic heterocycles. The first-order chi connectivity index (χ1) is 31.9. The number of hydrogen-bond donors (Lipinski definition) is 8. The SMILES string of the molecule is CC(=O)N1CCC[C@H]1C(=O)N[C@@H](CC(C)C)C(=O)N[C@@H](Cc1cncn1CCCCCCO/N=C/c1sccc1Oc1ccccc1)C(=O)N[C@@H](CO)C(=O)N[C@H](C(N)=O)[C@@H](C)OP(=O)(O)O. The highest BCUT2D eigenvalue weighted by molar-refractivity contribution is 7.46. The summed E-state index contributed by atoms with van der Waals surface area (Å²) >= 11 is 1.48. The van der Waals surface area contributed by atoms with Crippen LogP contribution in [0.1, 0.15) is 83.2 Å². The normalized spacial score (nSPS) is 16.2. The number of aryl methyl sites for hydroxylation is 1. The molecular weight excluding hydrogens is 914 g/mol. The molecule has 0 radical (unpaired) electrons. The van der Waals surface area contributed by atoms with Gasteiger partial charge in [-0.15, -0.1) is 11.3 Å². The number of nitrogens with zero attached hydrogens (tertiary/aromatic N) is 4. The Balaban J connectivity index is 1.41. The van der Waals surface area contributed by atoms with Crippen molar-refractivity contribution in [3.63, 3.8) is 0 Å². The molecular formula is C43H62N9O13PS. The summed E-state index contributed by atoms with van der Waals surface area (Å²) < 4.78 is 23.6. The molecule has 9 N–H and O–H groups in total.